The second kappa shape index (κ2) is 6.85. The van der Waals surface area contributed by atoms with Gasteiger partial charge in [0.15, 0.2) is 11.5 Å². The van der Waals surface area contributed by atoms with E-state index in [-0.39, 0.29) is 42.6 Å². The van der Waals surface area contributed by atoms with Crippen molar-refractivity contribution >= 4 is 33.4 Å². The number of aromatic nitrogens is 2. The molecule has 1 aliphatic rings. The third-order valence-electron chi connectivity index (χ3n) is 3.58. The fourth-order valence-electron chi connectivity index (χ4n) is 2.39. The van der Waals surface area contributed by atoms with E-state index in [1.54, 1.807) is 18.2 Å². The number of hydrogen-bond donors (Lipinski definition) is 2. The van der Waals surface area contributed by atoms with E-state index in [0.29, 0.717) is 21.5 Å². The third kappa shape index (κ3) is 3.03. The summed E-state index contributed by atoms with van der Waals surface area (Å²) in [5.41, 5.74) is 6.97. The first kappa shape index (κ1) is 16.8. The molecule has 0 aliphatic carbocycles. The van der Waals surface area contributed by atoms with E-state index >= 15 is 0 Å². The minimum Gasteiger partial charge on any atom is -0.454 e. The molecule has 0 bridgehead atoms. The molecule has 0 unspecified atom stereocenters. The molecule has 2 aromatic rings. The molecule has 0 radical (unpaired) electrons. The van der Waals surface area contributed by atoms with Crippen LogP contribution in [0.4, 0.5) is 5.82 Å². The average molecular weight is 402 g/mol. The molecule has 0 fully saturated rings. The Labute approximate surface area is 151 Å². The predicted octanol–water partition coefficient (Wildman–Crippen LogP) is 1.88. The van der Waals surface area contributed by atoms with Crippen LogP contribution in [-0.4, -0.2) is 28.3 Å². The summed E-state index contributed by atoms with van der Waals surface area (Å²) in [5, 5.41) is 32.1. The van der Waals surface area contributed by atoms with E-state index in [0.717, 1.165) is 0 Å². The molecule has 2 heterocycles. The molecule has 8 nitrogen and oxygen atoms in total. The number of aliphatic hydroxyl groups excluding tert-OH is 1. The standard InChI is InChI=1S/C16H12BrN5O3/c17-12-5-14-13(24-8-25-14)4-9(12)3-10(6-18)15-11(7-19)16(20)22(21-15)1-2-23/h3-5,23H,1-2,8,20H2/b10-3+. The molecule has 9 heteroatoms. The van der Waals surface area contributed by atoms with Crippen molar-refractivity contribution in [3.63, 3.8) is 0 Å². The van der Waals surface area contributed by atoms with E-state index in [9.17, 15) is 10.5 Å². The minimum absolute atomic E-state index is 0.0955. The van der Waals surface area contributed by atoms with Gasteiger partial charge in [-0.1, -0.05) is 15.9 Å². The van der Waals surface area contributed by atoms with Gasteiger partial charge in [-0.05, 0) is 23.8 Å². The van der Waals surface area contributed by atoms with Crippen LogP contribution in [0.25, 0.3) is 11.6 Å². The van der Waals surface area contributed by atoms with Gasteiger partial charge in [-0.25, -0.2) is 4.68 Å². The molecule has 1 aliphatic heterocycles. The largest absolute Gasteiger partial charge is 0.454 e. The van der Waals surface area contributed by atoms with Gasteiger partial charge in [-0.15, -0.1) is 0 Å². The number of aliphatic hydroxyl groups is 1. The highest BCUT2D eigenvalue weighted by Gasteiger charge is 2.20. The molecular weight excluding hydrogens is 390 g/mol. The number of ether oxygens (including phenoxy) is 2. The molecule has 0 amide bonds. The van der Waals surface area contributed by atoms with Gasteiger partial charge in [-0.2, -0.15) is 15.6 Å². The van der Waals surface area contributed by atoms with Crippen molar-refractivity contribution in [2.45, 2.75) is 6.54 Å². The van der Waals surface area contributed by atoms with E-state index in [1.807, 2.05) is 12.1 Å². The number of allylic oxidation sites excluding steroid dienone is 1. The maximum Gasteiger partial charge on any atom is 0.231 e. The zero-order valence-corrected chi connectivity index (χ0v) is 14.4. The Morgan fingerprint density at radius 3 is 2.76 bits per heavy atom. The molecule has 0 spiro atoms. The Balaban J connectivity index is 2.10. The lowest BCUT2D eigenvalue weighted by atomic mass is 10.1. The minimum atomic E-state index is -0.185. The number of nitriles is 2. The van der Waals surface area contributed by atoms with Crippen molar-refractivity contribution in [2.75, 3.05) is 19.1 Å². The number of rotatable bonds is 4. The Morgan fingerprint density at radius 2 is 2.12 bits per heavy atom. The summed E-state index contributed by atoms with van der Waals surface area (Å²) in [4.78, 5) is 0. The highest BCUT2D eigenvalue weighted by Crippen LogP contribution is 2.38. The third-order valence-corrected chi connectivity index (χ3v) is 4.27. The van der Waals surface area contributed by atoms with Crippen LogP contribution in [0.2, 0.25) is 0 Å². The lowest BCUT2D eigenvalue weighted by Gasteiger charge is -2.03. The number of fused-ring (bicyclic) bond motifs is 1. The summed E-state index contributed by atoms with van der Waals surface area (Å²) in [6, 6.07) is 7.47. The lowest BCUT2D eigenvalue weighted by Crippen LogP contribution is -2.07. The number of hydrogen-bond acceptors (Lipinski definition) is 7. The van der Waals surface area contributed by atoms with E-state index < -0.39 is 0 Å². The quantitative estimate of drug-likeness (QED) is 0.747. The summed E-state index contributed by atoms with van der Waals surface area (Å²) in [6.07, 6.45) is 1.58. The van der Waals surface area contributed by atoms with Crippen LogP contribution in [0.3, 0.4) is 0 Å². The van der Waals surface area contributed by atoms with Gasteiger partial charge >= 0.3 is 0 Å². The fourth-order valence-corrected chi connectivity index (χ4v) is 2.83. The number of anilines is 1. The molecule has 0 saturated heterocycles. The van der Waals surface area contributed by atoms with Crippen molar-refractivity contribution in [3.05, 3.63) is 33.4 Å². The van der Waals surface area contributed by atoms with Gasteiger partial charge < -0.3 is 20.3 Å². The van der Waals surface area contributed by atoms with Crippen LogP contribution in [0.15, 0.2) is 16.6 Å². The van der Waals surface area contributed by atoms with Crippen LogP contribution in [-0.2, 0) is 6.54 Å². The highest BCUT2D eigenvalue weighted by atomic mass is 79.9. The van der Waals surface area contributed by atoms with Crippen LogP contribution < -0.4 is 15.2 Å². The van der Waals surface area contributed by atoms with E-state index in [4.69, 9.17) is 20.3 Å². The smallest absolute Gasteiger partial charge is 0.231 e. The summed E-state index contributed by atoms with van der Waals surface area (Å²) in [6.45, 7) is 0.0865. The van der Waals surface area contributed by atoms with E-state index in [2.05, 4.69) is 21.0 Å². The first-order valence-corrected chi connectivity index (χ1v) is 7.97. The maximum atomic E-state index is 9.54. The first-order chi connectivity index (χ1) is 12.1. The van der Waals surface area contributed by atoms with Gasteiger partial charge in [-0.3, -0.25) is 0 Å². The maximum absolute atomic E-state index is 9.54. The Bertz CT molecular complexity index is 952. The predicted molar refractivity (Wildman–Crippen MR) is 92.2 cm³/mol. The van der Waals surface area contributed by atoms with Crippen LogP contribution >= 0.6 is 15.9 Å². The van der Waals surface area contributed by atoms with Crippen molar-refractivity contribution in [3.8, 4) is 23.6 Å². The molecule has 1 aromatic heterocycles. The van der Waals surface area contributed by atoms with Gasteiger partial charge in [0.1, 0.15) is 29.2 Å². The van der Waals surface area contributed by atoms with Gasteiger partial charge in [0, 0.05) is 4.47 Å². The van der Waals surface area contributed by atoms with Crippen LogP contribution in [0.5, 0.6) is 11.5 Å². The topological polar surface area (TPSA) is 130 Å². The molecule has 3 rings (SSSR count). The summed E-state index contributed by atoms with van der Waals surface area (Å²) < 4.78 is 12.6. The second-order valence-electron chi connectivity index (χ2n) is 5.06. The summed E-state index contributed by atoms with van der Waals surface area (Å²) in [7, 11) is 0. The number of halogens is 1. The summed E-state index contributed by atoms with van der Waals surface area (Å²) in [5.74, 6) is 1.28. The molecule has 126 valence electrons. The molecule has 3 N–H and O–H groups in total. The first-order valence-electron chi connectivity index (χ1n) is 7.17. The zero-order valence-electron chi connectivity index (χ0n) is 12.9. The Kier molecular flexibility index (Phi) is 4.61. The highest BCUT2D eigenvalue weighted by molar-refractivity contribution is 9.10. The number of nitrogens with two attached hydrogens (primary N) is 1. The number of nitrogens with zero attached hydrogens (tertiary/aromatic N) is 4. The fraction of sp³-hybridized carbons (Fsp3) is 0.188. The molecule has 0 saturated carbocycles. The van der Waals surface area contributed by atoms with E-state index in [1.165, 1.54) is 4.68 Å². The van der Waals surface area contributed by atoms with Crippen molar-refractivity contribution in [2.24, 2.45) is 0 Å². The Morgan fingerprint density at radius 1 is 1.40 bits per heavy atom. The van der Waals surface area contributed by atoms with Crippen molar-refractivity contribution < 1.29 is 14.6 Å². The van der Waals surface area contributed by atoms with Crippen LogP contribution in [0.1, 0.15) is 16.8 Å². The molecule has 25 heavy (non-hydrogen) atoms. The second-order valence-corrected chi connectivity index (χ2v) is 5.92. The summed E-state index contributed by atoms with van der Waals surface area (Å²) >= 11 is 3.42. The van der Waals surface area contributed by atoms with Gasteiger partial charge in [0.05, 0.1) is 18.7 Å². The number of benzene rings is 1. The Hall–Kier alpha value is -3.01. The molecule has 1 aromatic carbocycles. The lowest BCUT2D eigenvalue weighted by molar-refractivity contribution is 0.174. The average Bonchev–Trinajstić information content (AvgIpc) is 3.17. The molecular formula is C16H12BrN5O3. The zero-order chi connectivity index (χ0) is 18.0. The van der Waals surface area contributed by atoms with Gasteiger partial charge in [0.2, 0.25) is 6.79 Å². The van der Waals surface area contributed by atoms with Crippen molar-refractivity contribution in [1.82, 2.24) is 9.78 Å². The van der Waals surface area contributed by atoms with Crippen LogP contribution in [0, 0.1) is 22.7 Å². The van der Waals surface area contributed by atoms with Crippen molar-refractivity contribution in [1.29, 1.82) is 10.5 Å². The monoisotopic (exact) mass is 401 g/mol. The number of nitrogen functional groups attached to an aromatic ring is 1. The normalized spacial score (nSPS) is 12.7. The molecule has 0 atom stereocenters. The van der Waals surface area contributed by atoms with Gasteiger partial charge in [0.25, 0.3) is 0 Å². The SMILES string of the molecule is N#C/C(=C\c1cc2c(cc1Br)OCO2)c1nn(CCO)c(N)c1C#N.